The smallest absolute Gasteiger partial charge is 0.349 e. The zero-order chi connectivity index (χ0) is 24.6. The third kappa shape index (κ3) is 4.74. The number of fused-ring (bicyclic) bond motifs is 1. The van der Waals surface area contributed by atoms with Crippen molar-refractivity contribution >= 4 is 68.0 Å². The number of anilines is 1. The highest BCUT2D eigenvalue weighted by atomic mass is 35.5. The van der Waals surface area contributed by atoms with Crippen molar-refractivity contribution in [1.29, 1.82) is 0 Å². The predicted molar refractivity (Wildman–Crippen MR) is 130 cm³/mol. The lowest BCUT2D eigenvalue weighted by atomic mass is 10.2. The monoisotopic (exact) mass is 518 g/mol. The fraction of sp³-hybridized carbons (Fsp3) is 0.136. The van der Waals surface area contributed by atoms with Gasteiger partial charge in [0.15, 0.2) is 6.10 Å². The van der Waals surface area contributed by atoms with Gasteiger partial charge in [-0.15, -0.1) is 11.3 Å². The second-order valence-corrected chi connectivity index (χ2v) is 9.14. The highest BCUT2D eigenvalue weighted by Gasteiger charge is 2.23. The largest absolute Gasteiger partial charge is 0.448 e. The van der Waals surface area contributed by atoms with Crippen LogP contribution in [-0.4, -0.2) is 32.7 Å². The van der Waals surface area contributed by atoms with Crippen molar-refractivity contribution in [2.75, 3.05) is 5.32 Å². The summed E-state index contributed by atoms with van der Waals surface area (Å²) in [5, 5.41) is 19.2. The molecule has 2 heterocycles. The van der Waals surface area contributed by atoms with E-state index in [-0.39, 0.29) is 16.4 Å². The number of carbonyl (C=O) groups is 2. The number of aromatic nitrogens is 2. The number of hydrogen-bond acceptors (Lipinski definition) is 7. The molecule has 0 aliphatic heterocycles. The normalized spacial score (nSPS) is 11.9. The number of non-ortho nitro benzene ring substituents is 1. The number of nitro benzene ring substituents is 1. The van der Waals surface area contributed by atoms with Gasteiger partial charge >= 0.3 is 5.97 Å². The number of hydrogen-bond donors (Lipinski definition) is 1. The van der Waals surface area contributed by atoms with Crippen LogP contribution in [0, 0.1) is 17.0 Å². The van der Waals surface area contributed by atoms with E-state index in [9.17, 15) is 19.7 Å². The summed E-state index contributed by atoms with van der Waals surface area (Å²) in [4.78, 5) is 36.5. The molecular formula is C22H16Cl2N4O5S. The number of halogens is 2. The van der Waals surface area contributed by atoms with Gasteiger partial charge < -0.3 is 10.1 Å². The lowest BCUT2D eigenvalue weighted by molar-refractivity contribution is -0.384. The molecule has 2 aromatic carbocycles. The summed E-state index contributed by atoms with van der Waals surface area (Å²) in [5.74, 6) is -1.30. The number of carbonyl (C=O) groups excluding carboxylic acids is 2. The van der Waals surface area contributed by atoms with Gasteiger partial charge in [0.1, 0.15) is 9.71 Å². The number of amides is 1. The van der Waals surface area contributed by atoms with E-state index in [1.54, 1.807) is 22.9 Å². The molecule has 0 saturated heterocycles. The van der Waals surface area contributed by atoms with E-state index >= 15 is 0 Å². The van der Waals surface area contributed by atoms with Gasteiger partial charge in [0, 0.05) is 22.5 Å². The van der Waals surface area contributed by atoms with Crippen molar-refractivity contribution < 1.29 is 19.2 Å². The molecule has 1 N–H and O–H groups in total. The molecule has 12 heteroatoms. The Morgan fingerprint density at radius 1 is 1.18 bits per heavy atom. The Morgan fingerprint density at radius 3 is 2.53 bits per heavy atom. The molecule has 0 saturated carbocycles. The van der Waals surface area contributed by atoms with Gasteiger partial charge in [0.05, 0.1) is 27.0 Å². The van der Waals surface area contributed by atoms with Crippen LogP contribution in [0.4, 0.5) is 11.4 Å². The number of esters is 1. The third-order valence-electron chi connectivity index (χ3n) is 4.89. The molecule has 0 aliphatic rings. The zero-order valence-electron chi connectivity index (χ0n) is 17.7. The fourth-order valence-corrected chi connectivity index (χ4v) is 4.54. The quantitative estimate of drug-likeness (QED) is 0.196. The number of nitrogens with one attached hydrogen (secondary N) is 1. The maximum atomic E-state index is 12.7. The average molecular weight is 519 g/mol. The average Bonchev–Trinajstić information content (AvgIpc) is 3.36. The molecule has 4 aromatic rings. The molecule has 1 unspecified atom stereocenters. The molecule has 0 bridgehead atoms. The highest BCUT2D eigenvalue weighted by Crippen LogP contribution is 2.31. The van der Waals surface area contributed by atoms with E-state index in [1.807, 2.05) is 19.1 Å². The van der Waals surface area contributed by atoms with Crippen molar-refractivity contribution in [2.45, 2.75) is 20.0 Å². The van der Waals surface area contributed by atoms with Crippen LogP contribution in [0.1, 0.15) is 22.3 Å². The molecule has 1 amide bonds. The first-order valence-corrected chi connectivity index (χ1v) is 11.4. The van der Waals surface area contributed by atoms with Crippen molar-refractivity contribution in [2.24, 2.45) is 0 Å². The SMILES string of the molecule is Cc1nn(-c2ccc(Cl)cc2)c2sc(C(=O)OC(C)C(=O)Nc3ccc([N+](=O)[O-])cc3Cl)cc12. The van der Waals surface area contributed by atoms with Crippen LogP contribution in [0.2, 0.25) is 10.0 Å². The molecule has 0 radical (unpaired) electrons. The van der Waals surface area contributed by atoms with E-state index in [0.717, 1.165) is 27.7 Å². The van der Waals surface area contributed by atoms with Crippen molar-refractivity contribution in [3.8, 4) is 5.69 Å². The first kappa shape index (κ1) is 23.7. The van der Waals surface area contributed by atoms with Gasteiger partial charge in [-0.3, -0.25) is 14.9 Å². The Balaban J connectivity index is 1.49. The van der Waals surface area contributed by atoms with Crippen LogP contribution >= 0.6 is 34.5 Å². The van der Waals surface area contributed by atoms with Gasteiger partial charge in [-0.2, -0.15) is 5.10 Å². The Kier molecular flexibility index (Phi) is 6.56. The van der Waals surface area contributed by atoms with Crippen LogP contribution in [0.3, 0.4) is 0 Å². The number of aryl methyl sites for hydroxylation is 1. The second kappa shape index (κ2) is 9.41. The molecular weight excluding hydrogens is 503 g/mol. The lowest BCUT2D eigenvalue weighted by Gasteiger charge is -2.13. The summed E-state index contributed by atoms with van der Waals surface area (Å²) in [6.07, 6.45) is -1.14. The van der Waals surface area contributed by atoms with Crippen LogP contribution in [-0.2, 0) is 9.53 Å². The highest BCUT2D eigenvalue weighted by molar-refractivity contribution is 7.20. The number of nitro groups is 1. The van der Waals surface area contributed by atoms with Crippen LogP contribution in [0.5, 0.6) is 0 Å². The van der Waals surface area contributed by atoms with Crippen LogP contribution < -0.4 is 5.32 Å². The maximum absolute atomic E-state index is 12.7. The Bertz CT molecular complexity index is 1430. The van der Waals surface area contributed by atoms with E-state index in [2.05, 4.69) is 10.4 Å². The molecule has 0 spiro atoms. The lowest BCUT2D eigenvalue weighted by Crippen LogP contribution is -2.29. The summed E-state index contributed by atoms with van der Waals surface area (Å²) in [7, 11) is 0. The van der Waals surface area contributed by atoms with Gasteiger partial charge in [-0.25, -0.2) is 9.48 Å². The summed E-state index contributed by atoms with van der Waals surface area (Å²) in [6.45, 7) is 3.25. The molecule has 0 aliphatic carbocycles. The first-order chi connectivity index (χ1) is 16.1. The zero-order valence-corrected chi connectivity index (χ0v) is 20.1. The number of ether oxygens (including phenoxy) is 1. The van der Waals surface area contributed by atoms with E-state index in [1.165, 1.54) is 30.4 Å². The van der Waals surface area contributed by atoms with Gasteiger partial charge in [-0.1, -0.05) is 23.2 Å². The van der Waals surface area contributed by atoms with Crippen molar-refractivity contribution in [3.05, 3.63) is 79.3 Å². The molecule has 2 aromatic heterocycles. The standard InChI is InChI=1S/C22H16Cl2N4O5S/c1-11-16-10-19(34-21(16)27(26-11)14-5-3-13(23)4-6-14)22(30)33-12(2)20(29)25-18-8-7-15(28(31)32)9-17(18)24/h3-10,12H,1-2H3,(H,25,29). The van der Waals surface area contributed by atoms with Crippen molar-refractivity contribution in [1.82, 2.24) is 9.78 Å². The topological polar surface area (TPSA) is 116 Å². The summed E-state index contributed by atoms with van der Waals surface area (Å²) >= 11 is 13.2. The summed E-state index contributed by atoms with van der Waals surface area (Å²) in [5.41, 5.74) is 1.48. The number of rotatable bonds is 6. The Labute approximate surface area is 207 Å². The van der Waals surface area contributed by atoms with Crippen molar-refractivity contribution in [3.63, 3.8) is 0 Å². The van der Waals surface area contributed by atoms with E-state index < -0.39 is 22.9 Å². The molecule has 34 heavy (non-hydrogen) atoms. The van der Waals surface area contributed by atoms with Gasteiger partial charge in [-0.05, 0) is 50.2 Å². The van der Waals surface area contributed by atoms with Crippen LogP contribution in [0.15, 0.2) is 48.5 Å². The minimum Gasteiger partial charge on any atom is -0.448 e. The number of thiophene rings is 1. The number of benzene rings is 2. The molecule has 9 nitrogen and oxygen atoms in total. The molecule has 4 rings (SSSR count). The minimum atomic E-state index is -1.14. The minimum absolute atomic E-state index is 0.00666. The van der Waals surface area contributed by atoms with Gasteiger partial charge in [0.2, 0.25) is 0 Å². The van der Waals surface area contributed by atoms with Crippen LogP contribution in [0.25, 0.3) is 15.9 Å². The van der Waals surface area contributed by atoms with Gasteiger partial charge in [0.25, 0.3) is 11.6 Å². The number of nitrogens with zero attached hydrogens (tertiary/aromatic N) is 3. The first-order valence-electron chi connectivity index (χ1n) is 9.85. The summed E-state index contributed by atoms with van der Waals surface area (Å²) < 4.78 is 7.05. The second-order valence-electron chi connectivity index (χ2n) is 7.26. The van der Waals surface area contributed by atoms with E-state index in [0.29, 0.717) is 9.90 Å². The Morgan fingerprint density at radius 2 is 1.88 bits per heavy atom. The fourth-order valence-electron chi connectivity index (χ4n) is 3.13. The molecule has 174 valence electrons. The third-order valence-corrected chi connectivity index (χ3v) is 6.55. The van der Waals surface area contributed by atoms with E-state index in [4.69, 9.17) is 27.9 Å². The maximum Gasteiger partial charge on any atom is 0.349 e. The Hall–Kier alpha value is -3.47. The molecule has 0 fully saturated rings. The predicted octanol–water partition coefficient (Wildman–Crippen LogP) is 5.79. The summed E-state index contributed by atoms with van der Waals surface area (Å²) in [6, 6.07) is 12.5. The molecule has 1 atom stereocenters.